The molecule has 0 radical (unpaired) electrons. The van der Waals surface area contributed by atoms with Crippen molar-refractivity contribution in [2.75, 3.05) is 32.1 Å². The monoisotopic (exact) mass is 326 g/mol. The number of carbonyl (C=O) groups is 1. The Kier molecular flexibility index (Phi) is 5.25. The molecule has 1 saturated heterocycles. The van der Waals surface area contributed by atoms with Gasteiger partial charge in [-0.1, -0.05) is 12.1 Å². The Morgan fingerprint density at radius 2 is 1.88 bits per heavy atom. The molecule has 1 aliphatic rings. The van der Waals surface area contributed by atoms with Crippen LogP contribution in [0.3, 0.4) is 0 Å². The van der Waals surface area contributed by atoms with Gasteiger partial charge in [-0.2, -0.15) is 0 Å². The van der Waals surface area contributed by atoms with Gasteiger partial charge >= 0.3 is 0 Å². The first-order valence-electron chi connectivity index (χ1n) is 8.26. The van der Waals surface area contributed by atoms with E-state index in [9.17, 15) is 4.79 Å². The van der Waals surface area contributed by atoms with Crippen molar-refractivity contribution in [3.63, 3.8) is 0 Å². The van der Waals surface area contributed by atoms with Gasteiger partial charge in [0, 0.05) is 19.6 Å². The average Bonchev–Trinajstić information content (AvgIpc) is 3.17. The molecule has 0 aliphatic carbocycles. The Morgan fingerprint density at radius 1 is 1.12 bits per heavy atom. The van der Waals surface area contributed by atoms with E-state index < -0.39 is 0 Å². The molecule has 3 rings (SSSR count). The fraction of sp³-hybridized carbons (Fsp3) is 0.389. The van der Waals surface area contributed by atoms with E-state index >= 15 is 0 Å². The Bertz CT molecular complexity index is 664. The van der Waals surface area contributed by atoms with Gasteiger partial charge in [-0.25, -0.2) is 0 Å². The Labute approximate surface area is 141 Å². The van der Waals surface area contributed by atoms with Crippen LogP contribution >= 0.6 is 0 Å². The Morgan fingerprint density at radius 3 is 2.50 bits per heavy atom. The molecule has 2 heterocycles. The van der Waals surface area contributed by atoms with Crippen molar-refractivity contribution in [1.82, 2.24) is 15.1 Å². The maximum Gasteiger partial charge on any atom is 0.274 e. The lowest BCUT2D eigenvalue weighted by Gasteiger charge is -2.14. The lowest BCUT2D eigenvalue weighted by atomic mass is 10.1. The summed E-state index contributed by atoms with van der Waals surface area (Å²) in [6.07, 6.45) is 3.02. The largest absolute Gasteiger partial charge is 0.497 e. The highest BCUT2D eigenvalue weighted by Crippen LogP contribution is 2.13. The minimum Gasteiger partial charge on any atom is -0.497 e. The molecule has 1 N–H and O–H groups in total. The van der Waals surface area contributed by atoms with Gasteiger partial charge in [0.25, 0.3) is 5.91 Å². The zero-order chi connectivity index (χ0) is 16.8. The molecular formula is C18H22N4O2. The average molecular weight is 326 g/mol. The molecule has 2 aromatic rings. The number of methoxy groups -OCH3 is 1. The summed E-state index contributed by atoms with van der Waals surface area (Å²) in [6.45, 7) is 2.39. The predicted octanol–water partition coefficient (Wildman–Crippen LogP) is 2.38. The van der Waals surface area contributed by atoms with Crippen molar-refractivity contribution in [3.05, 3.63) is 47.7 Å². The normalized spacial score (nSPS) is 13.8. The van der Waals surface area contributed by atoms with Crippen LogP contribution in [0.15, 0.2) is 36.4 Å². The number of nitrogens with zero attached hydrogens (tertiary/aromatic N) is 3. The van der Waals surface area contributed by atoms with E-state index in [1.54, 1.807) is 13.2 Å². The summed E-state index contributed by atoms with van der Waals surface area (Å²) in [4.78, 5) is 14.0. The lowest BCUT2D eigenvalue weighted by molar-refractivity contribution is 0.0786. The number of hydrogen-bond acceptors (Lipinski definition) is 5. The summed E-state index contributed by atoms with van der Waals surface area (Å²) in [7, 11) is 1.66. The van der Waals surface area contributed by atoms with Crippen LogP contribution < -0.4 is 10.1 Å². The van der Waals surface area contributed by atoms with Crippen molar-refractivity contribution in [1.29, 1.82) is 0 Å². The van der Waals surface area contributed by atoms with E-state index in [-0.39, 0.29) is 5.91 Å². The number of amides is 1. The fourth-order valence-electron chi connectivity index (χ4n) is 2.75. The van der Waals surface area contributed by atoms with Crippen LogP contribution in [-0.2, 0) is 6.42 Å². The highest BCUT2D eigenvalue weighted by atomic mass is 16.5. The molecule has 0 atom stereocenters. The molecule has 6 nitrogen and oxygen atoms in total. The number of aromatic nitrogens is 2. The molecule has 0 spiro atoms. The van der Waals surface area contributed by atoms with Gasteiger partial charge in [0.1, 0.15) is 11.6 Å². The van der Waals surface area contributed by atoms with Gasteiger partial charge < -0.3 is 15.0 Å². The first-order chi connectivity index (χ1) is 11.8. The van der Waals surface area contributed by atoms with Gasteiger partial charge in [-0.15, -0.1) is 10.2 Å². The van der Waals surface area contributed by atoms with Gasteiger partial charge in [-0.05, 0) is 49.1 Å². The second-order valence-electron chi connectivity index (χ2n) is 5.83. The predicted molar refractivity (Wildman–Crippen MR) is 92.4 cm³/mol. The zero-order valence-electron chi connectivity index (χ0n) is 13.9. The molecule has 0 unspecified atom stereocenters. The summed E-state index contributed by atoms with van der Waals surface area (Å²) >= 11 is 0. The number of benzene rings is 1. The molecular weight excluding hydrogens is 304 g/mol. The molecule has 1 fully saturated rings. The first-order valence-corrected chi connectivity index (χ1v) is 8.26. The number of ether oxygens (including phenoxy) is 1. The molecule has 0 bridgehead atoms. The van der Waals surface area contributed by atoms with E-state index in [4.69, 9.17) is 4.74 Å². The van der Waals surface area contributed by atoms with Crippen molar-refractivity contribution in [2.24, 2.45) is 0 Å². The maximum absolute atomic E-state index is 12.2. The second kappa shape index (κ2) is 7.77. The molecule has 6 heteroatoms. The highest BCUT2D eigenvalue weighted by Gasteiger charge is 2.20. The molecule has 1 amide bonds. The van der Waals surface area contributed by atoms with E-state index in [0.29, 0.717) is 11.5 Å². The minimum absolute atomic E-state index is 0.0233. The van der Waals surface area contributed by atoms with E-state index in [1.807, 2.05) is 35.2 Å². The van der Waals surface area contributed by atoms with Crippen LogP contribution in [0.1, 0.15) is 28.9 Å². The van der Waals surface area contributed by atoms with E-state index in [2.05, 4.69) is 15.5 Å². The number of rotatable bonds is 6. The second-order valence-corrected chi connectivity index (χ2v) is 5.83. The summed E-state index contributed by atoms with van der Waals surface area (Å²) in [5, 5.41) is 11.4. The number of carbonyl (C=O) groups excluding carboxylic acids is 1. The van der Waals surface area contributed by atoms with Gasteiger partial charge in [-0.3, -0.25) is 4.79 Å². The third kappa shape index (κ3) is 4.01. The van der Waals surface area contributed by atoms with Gasteiger partial charge in [0.05, 0.1) is 7.11 Å². The number of hydrogen-bond donors (Lipinski definition) is 1. The van der Waals surface area contributed by atoms with Crippen molar-refractivity contribution in [2.45, 2.75) is 19.3 Å². The van der Waals surface area contributed by atoms with Crippen LogP contribution in [0, 0.1) is 0 Å². The highest BCUT2D eigenvalue weighted by molar-refractivity contribution is 5.92. The summed E-state index contributed by atoms with van der Waals surface area (Å²) in [6, 6.07) is 11.5. The summed E-state index contributed by atoms with van der Waals surface area (Å²) in [5.74, 6) is 1.52. The molecule has 1 aromatic heterocycles. The summed E-state index contributed by atoms with van der Waals surface area (Å²) in [5.41, 5.74) is 1.63. The van der Waals surface area contributed by atoms with Crippen molar-refractivity contribution in [3.8, 4) is 5.75 Å². The molecule has 1 aromatic carbocycles. The summed E-state index contributed by atoms with van der Waals surface area (Å²) < 4.78 is 5.15. The third-order valence-corrected chi connectivity index (χ3v) is 4.16. The molecule has 1 aliphatic heterocycles. The SMILES string of the molecule is COc1ccc(CCNc2ccc(C(=O)N3CCCC3)nn2)cc1. The maximum atomic E-state index is 12.2. The quantitative estimate of drug-likeness (QED) is 0.883. The van der Waals surface area contributed by atoms with E-state index in [0.717, 1.165) is 44.6 Å². The standard InChI is InChI=1S/C18H22N4O2/c1-24-15-6-4-14(5-7-15)10-11-19-17-9-8-16(20-21-17)18(23)22-12-2-3-13-22/h4-9H,2-3,10-13H2,1H3,(H,19,21). The number of anilines is 1. The first kappa shape index (κ1) is 16.2. The zero-order valence-corrected chi connectivity index (χ0v) is 13.9. The minimum atomic E-state index is -0.0233. The van der Waals surface area contributed by atoms with Crippen LogP contribution in [-0.4, -0.2) is 47.7 Å². The molecule has 24 heavy (non-hydrogen) atoms. The molecule has 126 valence electrons. The van der Waals surface area contributed by atoms with Gasteiger partial charge in [0.2, 0.25) is 0 Å². The van der Waals surface area contributed by atoms with E-state index in [1.165, 1.54) is 5.56 Å². The number of likely N-dealkylation sites (tertiary alicyclic amines) is 1. The van der Waals surface area contributed by atoms with Crippen molar-refractivity contribution >= 4 is 11.7 Å². The number of nitrogens with one attached hydrogen (secondary N) is 1. The Balaban J connectivity index is 1.49. The Hall–Kier alpha value is -2.63. The lowest BCUT2D eigenvalue weighted by Crippen LogP contribution is -2.28. The van der Waals surface area contributed by atoms with Crippen LogP contribution in [0.5, 0.6) is 5.75 Å². The van der Waals surface area contributed by atoms with Crippen LogP contribution in [0.2, 0.25) is 0 Å². The van der Waals surface area contributed by atoms with Crippen LogP contribution in [0.25, 0.3) is 0 Å². The topological polar surface area (TPSA) is 67.3 Å². The smallest absolute Gasteiger partial charge is 0.274 e. The van der Waals surface area contributed by atoms with Crippen molar-refractivity contribution < 1.29 is 9.53 Å². The van der Waals surface area contributed by atoms with Gasteiger partial charge in [0.15, 0.2) is 5.69 Å². The van der Waals surface area contributed by atoms with Crippen LogP contribution in [0.4, 0.5) is 5.82 Å². The third-order valence-electron chi connectivity index (χ3n) is 4.16. The fourth-order valence-corrected chi connectivity index (χ4v) is 2.75. The molecule has 0 saturated carbocycles.